The number of hydrogen-bond acceptors (Lipinski definition) is 3. The van der Waals surface area contributed by atoms with Gasteiger partial charge in [0, 0.05) is 11.7 Å². The summed E-state index contributed by atoms with van der Waals surface area (Å²) in [6.07, 6.45) is 1.29. The van der Waals surface area contributed by atoms with Gasteiger partial charge in [-0.1, -0.05) is 18.2 Å². The highest BCUT2D eigenvalue weighted by Gasteiger charge is 2.17. The number of anilines is 1. The molecule has 1 aromatic rings. The molecule has 0 heterocycles. The number of nitrogens with one attached hydrogen (secondary N) is 1. The monoisotopic (exact) mass is 264 g/mol. The Hall–Kier alpha value is -1.55. The molecule has 0 bridgehead atoms. The van der Waals surface area contributed by atoms with Crippen LogP contribution in [-0.4, -0.2) is 17.7 Å². The Morgan fingerprint density at radius 2 is 2.00 bits per heavy atom. The molecule has 106 valence electrons. The van der Waals surface area contributed by atoms with Crippen LogP contribution in [-0.2, 0) is 11.2 Å². The van der Waals surface area contributed by atoms with Crippen LogP contribution in [0.3, 0.4) is 0 Å². The van der Waals surface area contributed by atoms with Gasteiger partial charge in [0.2, 0.25) is 0 Å². The van der Waals surface area contributed by atoms with Crippen LogP contribution in [0.15, 0.2) is 24.3 Å². The summed E-state index contributed by atoms with van der Waals surface area (Å²) in [7, 11) is 0. The van der Waals surface area contributed by atoms with Crippen molar-refractivity contribution in [2.45, 2.75) is 52.2 Å². The zero-order valence-electron chi connectivity index (χ0n) is 12.2. The van der Waals surface area contributed by atoms with Gasteiger partial charge < -0.3 is 10.5 Å². The molecular weight excluding hydrogens is 240 g/mol. The first-order valence-electron chi connectivity index (χ1n) is 6.61. The fourth-order valence-electron chi connectivity index (χ4n) is 1.66. The summed E-state index contributed by atoms with van der Waals surface area (Å²) >= 11 is 0. The first-order valence-corrected chi connectivity index (χ1v) is 6.61. The van der Waals surface area contributed by atoms with Crippen LogP contribution in [0.5, 0.6) is 0 Å². The fraction of sp³-hybridized carbons (Fsp3) is 0.533. The van der Waals surface area contributed by atoms with Crippen molar-refractivity contribution in [3.8, 4) is 0 Å². The predicted octanol–water partition coefficient (Wildman–Crippen LogP) is 3.31. The largest absolute Gasteiger partial charge is 0.444 e. The maximum Gasteiger partial charge on any atom is 0.412 e. The number of carbonyl (C=O) groups is 1. The van der Waals surface area contributed by atoms with Crippen LogP contribution < -0.4 is 11.1 Å². The Balaban J connectivity index is 2.69. The quantitative estimate of drug-likeness (QED) is 0.876. The van der Waals surface area contributed by atoms with E-state index in [1.165, 1.54) is 0 Å². The summed E-state index contributed by atoms with van der Waals surface area (Å²) in [6.45, 7) is 7.50. The van der Waals surface area contributed by atoms with Crippen LogP contribution in [0, 0.1) is 0 Å². The standard InChI is InChI=1S/C15H24N2O2/c1-11(16)9-10-12-7-5-6-8-13(12)17-14(18)19-15(2,3)4/h5-8,11H,9-10,16H2,1-4H3,(H,17,18)/t11-/m1/s1. The van der Waals surface area contributed by atoms with E-state index in [1.807, 2.05) is 52.0 Å². The fourth-order valence-corrected chi connectivity index (χ4v) is 1.66. The van der Waals surface area contributed by atoms with Crippen LogP contribution in [0.2, 0.25) is 0 Å². The van der Waals surface area contributed by atoms with Gasteiger partial charge in [-0.15, -0.1) is 0 Å². The van der Waals surface area contributed by atoms with Gasteiger partial charge in [0.1, 0.15) is 5.60 Å². The van der Waals surface area contributed by atoms with E-state index < -0.39 is 11.7 Å². The van der Waals surface area contributed by atoms with E-state index in [0.29, 0.717) is 0 Å². The molecule has 0 radical (unpaired) electrons. The number of amides is 1. The van der Waals surface area contributed by atoms with Crippen molar-refractivity contribution in [3.05, 3.63) is 29.8 Å². The molecule has 1 rings (SSSR count). The maximum absolute atomic E-state index is 11.8. The Bertz CT molecular complexity index is 422. The highest BCUT2D eigenvalue weighted by Crippen LogP contribution is 2.18. The first-order chi connectivity index (χ1) is 8.78. The van der Waals surface area contributed by atoms with Crippen molar-refractivity contribution >= 4 is 11.8 Å². The normalized spacial score (nSPS) is 12.9. The minimum atomic E-state index is -0.495. The Morgan fingerprint density at radius 3 is 2.58 bits per heavy atom. The smallest absolute Gasteiger partial charge is 0.412 e. The average Bonchev–Trinajstić information content (AvgIpc) is 2.25. The molecule has 0 saturated carbocycles. The van der Waals surface area contributed by atoms with E-state index in [1.54, 1.807) is 0 Å². The van der Waals surface area contributed by atoms with E-state index >= 15 is 0 Å². The summed E-state index contributed by atoms with van der Waals surface area (Å²) in [5.41, 5.74) is 7.13. The van der Waals surface area contributed by atoms with Gasteiger partial charge in [0.25, 0.3) is 0 Å². The molecule has 1 atom stereocenters. The number of carbonyl (C=O) groups excluding carboxylic acids is 1. The second kappa shape index (κ2) is 6.57. The molecule has 0 aromatic heterocycles. The second-order valence-corrected chi connectivity index (χ2v) is 5.80. The predicted molar refractivity (Wildman–Crippen MR) is 78.3 cm³/mol. The van der Waals surface area contributed by atoms with Gasteiger partial charge in [-0.3, -0.25) is 5.32 Å². The van der Waals surface area contributed by atoms with Gasteiger partial charge in [0.15, 0.2) is 0 Å². The zero-order valence-corrected chi connectivity index (χ0v) is 12.2. The molecule has 19 heavy (non-hydrogen) atoms. The molecule has 0 saturated heterocycles. The number of nitrogens with two attached hydrogens (primary N) is 1. The molecule has 0 spiro atoms. The summed E-state index contributed by atoms with van der Waals surface area (Å²) in [4.78, 5) is 11.8. The molecule has 1 aromatic carbocycles. The molecule has 0 aliphatic heterocycles. The third kappa shape index (κ3) is 6.25. The van der Waals surface area contributed by atoms with Gasteiger partial charge >= 0.3 is 6.09 Å². The molecule has 4 nitrogen and oxygen atoms in total. The Labute approximate surface area is 115 Å². The van der Waals surface area contributed by atoms with Crippen LogP contribution in [0.25, 0.3) is 0 Å². The number of rotatable bonds is 4. The molecule has 3 N–H and O–H groups in total. The third-order valence-electron chi connectivity index (χ3n) is 2.52. The minimum absolute atomic E-state index is 0.148. The first kappa shape index (κ1) is 15.5. The lowest BCUT2D eigenvalue weighted by molar-refractivity contribution is 0.0636. The summed E-state index contributed by atoms with van der Waals surface area (Å²) in [5.74, 6) is 0. The summed E-state index contributed by atoms with van der Waals surface area (Å²) in [6, 6.07) is 7.86. The molecule has 0 unspecified atom stereocenters. The maximum atomic E-state index is 11.8. The van der Waals surface area contributed by atoms with Crippen molar-refractivity contribution in [1.29, 1.82) is 0 Å². The number of hydrogen-bond donors (Lipinski definition) is 2. The second-order valence-electron chi connectivity index (χ2n) is 5.80. The van der Waals surface area contributed by atoms with Gasteiger partial charge in [0.05, 0.1) is 0 Å². The molecule has 4 heteroatoms. The van der Waals surface area contributed by atoms with Gasteiger partial charge in [-0.2, -0.15) is 0 Å². The number of ether oxygens (including phenoxy) is 1. The molecule has 0 aliphatic carbocycles. The van der Waals surface area contributed by atoms with Crippen LogP contribution >= 0.6 is 0 Å². The van der Waals surface area contributed by atoms with Gasteiger partial charge in [-0.25, -0.2) is 4.79 Å². The molecule has 0 fully saturated rings. The Kier molecular flexibility index (Phi) is 5.36. The van der Waals surface area contributed by atoms with Crippen molar-refractivity contribution in [2.24, 2.45) is 5.73 Å². The van der Waals surface area contributed by atoms with Crippen LogP contribution in [0.4, 0.5) is 10.5 Å². The van der Waals surface area contributed by atoms with Gasteiger partial charge in [-0.05, 0) is 52.2 Å². The summed E-state index contributed by atoms with van der Waals surface area (Å²) < 4.78 is 5.25. The topological polar surface area (TPSA) is 64.3 Å². The highest BCUT2D eigenvalue weighted by molar-refractivity contribution is 5.85. The molecule has 0 aliphatic rings. The van der Waals surface area contributed by atoms with E-state index in [2.05, 4.69) is 5.32 Å². The summed E-state index contributed by atoms with van der Waals surface area (Å²) in [5, 5.41) is 2.79. The highest BCUT2D eigenvalue weighted by atomic mass is 16.6. The molecule has 1 amide bonds. The van der Waals surface area contributed by atoms with Crippen molar-refractivity contribution < 1.29 is 9.53 Å². The number of aryl methyl sites for hydroxylation is 1. The zero-order chi connectivity index (χ0) is 14.5. The van der Waals surface area contributed by atoms with E-state index in [9.17, 15) is 4.79 Å². The van der Waals surface area contributed by atoms with E-state index in [-0.39, 0.29) is 6.04 Å². The number of benzene rings is 1. The molecular formula is C15H24N2O2. The van der Waals surface area contributed by atoms with E-state index in [0.717, 1.165) is 24.1 Å². The Morgan fingerprint density at radius 1 is 1.37 bits per heavy atom. The lowest BCUT2D eigenvalue weighted by atomic mass is 10.0. The van der Waals surface area contributed by atoms with E-state index in [4.69, 9.17) is 10.5 Å². The number of para-hydroxylation sites is 1. The van der Waals surface area contributed by atoms with Crippen molar-refractivity contribution in [3.63, 3.8) is 0 Å². The van der Waals surface area contributed by atoms with Crippen molar-refractivity contribution in [2.75, 3.05) is 5.32 Å². The third-order valence-corrected chi connectivity index (χ3v) is 2.52. The lowest BCUT2D eigenvalue weighted by Gasteiger charge is -2.20. The average molecular weight is 264 g/mol. The SMILES string of the molecule is C[C@@H](N)CCc1ccccc1NC(=O)OC(C)(C)C. The minimum Gasteiger partial charge on any atom is -0.444 e. The lowest BCUT2D eigenvalue weighted by Crippen LogP contribution is -2.27. The van der Waals surface area contributed by atoms with Crippen molar-refractivity contribution in [1.82, 2.24) is 0 Å². The van der Waals surface area contributed by atoms with Crippen LogP contribution in [0.1, 0.15) is 39.7 Å².